The van der Waals surface area contributed by atoms with E-state index in [0.29, 0.717) is 19.0 Å². The van der Waals surface area contributed by atoms with Crippen molar-refractivity contribution in [2.75, 3.05) is 18.8 Å². The highest BCUT2D eigenvalue weighted by atomic mass is 32.2. The highest BCUT2D eigenvalue weighted by Crippen LogP contribution is 2.27. The van der Waals surface area contributed by atoms with Crippen LogP contribution in [0.1, 0.15) is 19.8 Å². The number of nitrogens with two attached hydrogens (primary N) is 1. The van der Waals surface area contributed by atoms with E-state index in [0.717, 1.165) is 12.8 Å². The molecule has 0 aromatic carbocycles. The molecule has 0 amide bonds. The molecular formula is C10H18N4O2S. The van der Waals surface area contributed by atoms with Crippen LogP contribution in [0, 0.1) is 5.92 Å². The first-order valence-electron chi connectivity index (χ1n) is 5.74. The third-order valence-corrected chi connectivity index (χ3v) is 5.15. The van der Waals surface area contributed by atoms with Gasteiger partial charge in [0.25, 0.3) is 0 Å². The maximum atomic E-state index is 12.3. The minimum atomic E-state index is -3.47. The number of aromatic nitrogens is 2. The van der Waals surface area contributed by atoms with Crippen LogP contribution >= 0.6 is 0 Å². The standard InChI is InChI=1S/C10H18N4O2S/c1-3-8-4-5-14(6-8)17(15,16)9-7-13(2)12-10(9)11/h7-8H,3-6H2,1-2H3,(H2,11,12). The lowest BCUT2D eigenvalue weighted by Crippen LogP contribution is -2.29. The second kappa shape index (κ2) is 4.30. The molecule has 0 spiro atoms. The summed E-state index contributed by atoms with van der Waals surface area (Å²) < 4.78 is 27.6. The van der Waals surface area contributed by atoms with Gasteiger partial charge in [-0.15, -0.1) is 0 Å². The summed E-state index contributed by atoms with van der Waals surface area (Å²) in [7, 11) is -1.81. The van der Waals surface area contributed by atoms with E-state index < -0.39 is 10.0 Å². The van der Waals surface area contributed by atoms with Crippen LogP contribution in [-0.2, 0) is 17.1 Å². The first kappa shape index (κ1) is 12.4. The summed E-state index contributed by atoms with van der Waals surface area (Å²) in [6, 6.07) is 0. The smallest absolute Gasteiger partial charge is 0.248 e. The molecule has 17 heavy (non-hydrogen) atoms. The van der Waals surface area contributed by atoms with Crippen LogP contribution in [0.15, 0.2) is 11.1 Å². The lowest BCUT2D eigenvalue weighted by Gasteiger charge is -2.15. The van der Waals surface area contributed by atoms with Gasteiger partial charge in [-0.05, 0) is 12.3 Å². The molecule has 2 rings (SSSR count). The first-order valence-corrected chi connectivity index (χ1v) is 7.18. The molecule has 1 saturated heterocycles. The van der Waals surface area contributed by atoms with E-state index in [2.05, 4.69) is 12.0 Å². The van der Waals surface area contributed by atoms with Crippen molar-refractivity contribution in [1.29, 1.82) is 0 Å². The molecule has 1 aromatic heterocycles. The van der Waals surface area contributed by atoms with Crippen molar-refractivity contribution in [2.45, 2.75) is 24.7 Å². The van der Waals surface area contributed by atoms with Crippen molar-refractivity contribution >= 4 is 15.8 Å². The Labute approximate surface area is 101 Å². The van der Waals surface area contributed by atoms with Gasteiger partial charge in [-0.2, -0.15) is 9.40 Å². The Morgan fingerprint density at radius 1 is 1.59 bits per heavy atom. The van der Waals surface area contributed by atoms with Gasteiger partial charge in [0.1, 0.15) is 4.90 Å². The molecule has 1 atom stereocenters. The van der Waals surface area contributed by atoms with E-state index in [4.69, 9.17) is 5.73 Å². The SMILES string of the molecule is CCC1CCN(S(=O)(=O)c2cn(C)nc2N)C1. The fourth-order valence-corrected chi connectivity index (χ4v) is 3.79. The zero-order valence-electron chi connectivity index (χ0n) is 10.1. The zero-order valence-corrected chi connectivity index (χ0v) is 10.9. The number of hydrogen-bond acceptors (Lipinski definition) is 4. The lowest BCUT2D eigenvalue weighted by atomic mass is 10.1. The maximum Gasteiger partial charge on any atom is 0.248 e. The quantitative estimate of drug-likeness (QED) is 0.852. The van der Waals surface area contributed by atoms with Crippen molar-refractivity contribution in [3.63, 3.8) is 0 Å². The molecule has 0 aliphatic carbocycles. The number of nitrogens with zero attached hydrogens (tertiary/aromatic N) is 3. The summed E-state index contributed by atoms with van der Waals surface area (Å²) >= 11 is 0. The minimum Gasteiger partial charge on any atom is -0.381 e. The van der Waals surface area contributed by atoms with Crippen LogP contribution in [0.3, 0.4) is 0 Å². The monoisotopic (exact) mass is 258 g/mol. The number of aryl methyl sites for hydroxylation is 1. The molecule has 96 valence electrons. The van der Waals surface area contributed by atoms with E-state index in [9.17, 15) is 8.42 Å². The lowest BCUT2D eigenvalue weighted by molar-refractivity contribution is 0.453. The van der Waals surface area contributed by atoms with Crippen LogP contribution in [-0.4, -0.2) is 35.6 Å². The zero-order chi connectivity index (χ0) is 12.6. The molecule has 0 saturated carbocycles. The maximum absolute atomic E-state index is 12.3. The molecule has 0 bridgehead atoms. The Morgan fingerprint density at radius 2 is 2.29 bits per heavy atom. The molecule has 2 N–H and O–H groups in total. The fraction of sp³-hybridized carbons (Fsp3) is 0.700. The number of anilines is 1. The molecular weight excluding hydrogens is 240 g/mol. The van der Waals surface area contributed by atoms with E-state index in [-0.39, 0.29) is 10.7 Å². The molecule has 7 heteroatoms. The molecule has 1 aliphatic rings. The number of rotatable bonds is 3. The Morgan fingerprint density at radius 3 is 2.76 bits per heavy atom. The Bertz CT molecular complexity index is 508. The van der Waals surface area contributed by atoms with E-state index in [1.54, 1.807) is 7.05 Å². The van der Waals surface area contributed by atoms with Gasteiger partial charge >= 0.3 is 0 Å². The summed E-state index contributed by atoms with van der Waals surface area (Å²) in [6.07, 6.45) is 3.40. The second-order valence-corrected chi connectivity index (χ2v) is 6.38. The molecule has 1 fully saturated rings. The van der Waals surface area contributed by atoms with E-state index in [1.807, 2.05) is 0 Å². The van der Waals surface area contributed by atoms with Crippen LogP contribution in [0.2, 0.25) is 0 Å². The predicted octanol–water partition coefficient (Wildman–Crippen LogP) is 0.423. The van der Waals surface area contributed by atoms with Gasteiger partial charge < -0.3 is 5.73 Å². The van der Waals surface area contributed by atoms with Gasteiger partial charge in [-0.25, -0.2) is 8.42 Å². The van der Waals surface area contributed by atoms with Crippen molar-refractivity contribution in [1.82, 2.24) is 14.1 Å². The molecule has 1 unspecified atom stereocenters. The van der Waals surface area contributed by atoms with Crippen molar-refractivity contribution in [3.8, 4) is 0 Å². The number of nitrogen functional groups attached to an aromatic ring is 1. The number of hydrogen-bond donors (Lipinski definition) is 1. The van der Waals surface area contributed by atoms with Crippen molar-refractivity contribution in [2.24, 2.45) is 13.0 Å². The van der Waals surface area contributed by atoms with Gasteiger partial charge in [0.05, 0.1) is 0 Å². The van der Waals surface area contributed by atoms with Crippen LogP contribution in [0.4, 0.5) is 5.82 Å². The highest BCUT2D eigenvalue weighted by Gasteiger charge is 2.33. The first-order chi connectivity index (χ1) is 7.95. The molecule has 2 heterocycles. The Balaban J connectivity index is 2.28. The fourth-order valence-electron chi connectivity index (χ4n) is 2.17. The average Bonchev–Trinajstić information content (AvgIpc) is 2.85. The summed E-state index contributed by atoms with van der Waals surface area (Å²) in [6.45, 7) is 3.25. The van der Waals surface area contributed by atoms with Gasteiger partial charge in [-0.3, -0.25) is 4.68 Å². The molecule has 0 radical (unpaired) electrons. The van der Waals surface area contributed by atoms with E-state index >= 15 is 0 Å². The topological polar surface area (TPSA) is 81.2 Å². The van der Waals surface area contributed by atoms with Gasteiger partial charge in [0, 0.05) is 26.3 Å². The molecule has 6 nitrogen and oxygen atoms in total. The van der Waals surface area contributed by atoms with Gasteiger partial charge in [0.2, 0.25) is 10.0 Å². The highest BCUT2D eigenvalue weighted by molar-refractivity contribution is 7.89. The number of sulfonamides is 1. The average molecular weight is 258 g/mol. The summed E-state index contributed by atoms with van der Waals surface area (Å²) in [5, 5.41) is 3.88. The normalized spacial score (nSPS) is 22.1. The van der Waals surface area contributed by atoms with E-state index in [1.165, 1.54) is 15.2 Å². The van der Waals surface area contributed by atoms with Gasteiger partial charge in [0.15, 0.2) is 5.82 Å². The largest absolute Gasteiger partial charge is 0.381 e. The molecule has 1 aliphatic heterocycles. The Hall–Kier alpha value is -1.08. The molecule has 1 aromatic rings. The van der Waals surface area contributed by atoms with Crippen molar-refractivity contribution in [3.05, 3.63) is 6.20 Å². The third-order valence-electron chi connectivity index (χ3n) is 3.27. The summed E-state index contributed by atoms with van der Waals surface area (Å²) in [5.74, 6) is 0.537. The predicted molar refractivity (Wildman–Crippen MR) is 64.8 cm³/mol. The van der Waals surface area contributed by atoms with Crippen LogP contribution in [0.25, 0.3) is 0 Å². The summed E-state index contributed by atoms with van der Waals surface area (Å²) in [4.78, 5) is 0.122. The van der Waals surface area contributed by atoms with Crippen molar-refractivity contribution < 1.29 is 8.42 Å². The summed E-state index contributed by atoms with van der Waals surface area (Å²) in [5.41, 5.74) is 5.62. The Kier molecular flexibility index (Phi) is 3.13. The third kappa shape index (κ3) is 2.16. The second-order valence-electron chi connectivity index (χ2n) is 4.48. The van der Waals surface area contributed by atoms with Crippen LogP contribution < -0.4 is 5.73 Å². The minimum absolute atomic E-state index is 0.0763. The van der Waals surface area contributed by atoms with Gasteiger partial charge in [-0.1, -0.05) is 13.3 Å². The van der Waals surface area contributed by atoms with Crippen LogP contribution in [0.5, 0.6) is 0 Å².